The Morgan fingerprint density at radius 3 is 2.58 bits per heavy atom. The molecule has 0 bridgehead atoms. The molecule has 1 aromatic carbocycles. The van der Waals surface area contributed by atoms with Crippen molar-refractivity contribution < 1.29 is 4.79 Å². The molecule has 1 unspecified atom stereocenters. The largest absolute Gasteiger partial charge is 0.340 e. The second kappa shape index (κ2) is 7.85. The van der Waals surface area contributed by atoms with Gasteiger partial charge in [-0.15, -0.1) is 0 Å². The molecule has 26 heavy (non-hydrogen) atoms. The van der Waals surface area contributed by atoms with Crippen LogP contribution in [0, 0.1) is 5.92 Å². The molecule has 1 amide bonds. The highest BCUT2D eigenvalue weighted by molar-refractivity contribution is 5.79. The van der Waals surface area contributed by atoms with E-state index in [0.29, 0.717) is 25.1 Å². The topological polar surface area (TPSA) is 66.1 Å². The Bertz CT molecular complexity index is 827. The zero-order valence-electron chi connectivity index (χ0n) is 15.8. The van der Waals surface area contributed by atoms with Crippen LogP contribution in [0.5, 0.6) is 0 Å². The lowest BCUT2D eigenvalue weighted by atomic mass is 9.97. The quantitative estimate of drug-likeness (QED) is 0.859. The highest BCUT2D eigenvalue weighted by Gasteiger charge is 2.28. The molecule has 1 heterocycles. The minimum Gasteiger partial charge on any atom is -0.340 e. The van der Waals surface area contributed by atoms with E-state index in [1.54, 1.807) is 0 Å². The first-order valence-electron chi connectivity index (χ1n) is 9.49. The smallest absolute Gasteiger partial charge is 0.254 e. The molecule has 1 aliphatic rings. The number of hydrogen-bond donors (Lipinski definition) is 1. The number of benzene rings is 1. The Hall–Kier alpha value is -2.43. The molecule has 5 nitrogen and oxygen atoms in total. The van der Waals surface area contributed by atoms with Gasteiger partial charge in [-0.05, 0) is 46.5 Å². The summed E-state index contributed by atoms with van der Waals surface area (Å²) in [5.74, 6) is 0.776. The van der Waals surface area contributed by atoms with Crippen LogP contribution in [0.2, 0.25) is 0 Å². The van der Waals surface area contributed by atoms with E-state index < -0.39 is 0 Å². The zero-order chi connectivity index (χ0) is 18.7. The van der Waals surface area contributed by atoms with E-state index in [-0.39, 0.29) is 23.4 Å². The molecule has 0 radical (unpaired) electrons. The number of carbonyl (C=O) groups is 1. The molecular weight excluding hydrogens is 326 g/mol. The van der Waals surface area contributed by atoms with Gasteiger partial charge in [0.1, 0.15) is 5.82 Å². The van der Waals surface area contributed by atoms with E-state index >= 15 is 0 Å². The molecule has 3 rings (SSSR count). The second-order valence-electron chi connectivity index (χ2n) is 7.20. The number of carbonyl (C=O) groups excluding carboxylic acids is 1. The molecule has 1 aromatic heterocycles. The Kier molecular flexibility index (Phi) is 5.55. The van der Waals surface area contributed by atoms with Crippen molar-refractivity contribution in [3.05, 3.63) is 51.9 Å². The molecule has 0 saturated heterocycles. The Balaban J connectivity index is 1.85. The number of aromatic nitrogens is 2. The lowest BCUT2D eigenvalue weighted by molar-refractivity contribution is -0.137. The molecule has 138 valence electrons. The fourth-order valence-electron chi connectivity index (χ4n) is 3.77. The number of rotatable bonds is 4. The van der Waals surface area contributed by atoms with E-state index in [0.717, 1.165) is 29.8 Å². The standard InChI is InChI=1S/C21H27N3O2/c1-4-24(14(2)3)21(26)16-10-12-17-18(13-11-16)22-19(23-20(17)25)15-8-6-5-7-9-15/h5-9,14,16H,4,10-13H2,1-3H3,(H,22,23,25). The lowest BCUT2D eigenvalue weighted by Gasteiger charge is -2.29. The number of nitrogens with one attached hydrogen (secondary N) is 1. The molecule has 5 heteroatoms. The van der Waals surface area contributed by atoms with Crippen LogP contribution in [-0.2, 0) is 17.6 Å². The van der Waals surface area contributed by atoms with Crippen molar-refractivity contribution in [2.24, 2.45) is 5.92 Å². The SMILES string of the molecule is CCN(C(=O)C1CCc2nc(-c3ccccc3)[nH]c(=O)c2CC1)C(C)C. The zero-order valence-corrected chi connectivity index (χ0v) is 15.8. The Morgan fingerprint density at radius 1 is 1.23 bits per heavy atom. The summed E-state index contributed by atoms with van der Waals surface area (Å²) in [7, 11) is 0. The predicted molar refractivity (Wildman–Crippen MR) is 103 cm³/mol. The number of amides is 1. The fraction of sp³-hybridized carbons (Fsp3) is 0.476. The van der Waals surface area contributed by atoms with Gasteiger partial charge in [-0.1, -0.05) is 30.3 Å². The third-order valence-corrected chi connectivity index (χ3v) is 5.22. The van der Waals surface area contributed by atoms with E-state index in [2.05, 4.69) is 4.98 Å². The fourth-order valence-corrected chi connectivity index (χ4v) is 3.77. The molecular formula is C21H27N3O2. The van der Waals surface area contributed by atoms with Gasteiger partial charge in [0.25, 0.3) is 5.56 Å². The third kappa shape index (κ3) is 3.71. The van der Waals surface area contributed by atoms with Gasteiger partial charge >= 0.3 is 0 Å². The first kappa shape index (κ1) is 18.4. The van der Waals surface area contributed by atoms with Gasteiger partial charge in [0.05, 0.1) is 5.69 Å². The van der Waals surface area contributed by atoms with Crippen molar-refractivity contribution in [3.8, 4) is 11.4 Å². The van der Waals surface area contributed by atoms with Crippen LogP contribution in [-0.4, -0.2) is 33.4 Å². The second-order valence-corrected chi connectivity index (χ2v) is 7.20. The average molecular weight is 353 g/mol. The summed E-state index contributed by atoms with van der Waals surface area (Å²) in [5, 5.41) is 0. The highest BCUT2D eigenvalue weighted by Crippen LogP contribution is 2.25. The van der Waals surface area contributed by atoms with E-state index in [1.165, 1.54) is 0 Å². The minimum absolute atomic E-state index is 0.0360. The minimum atomic E-state index is -0.0711. The molecule has 0 aliphatic heterocycles. The molecule has 1 N–H and O–H groups in total. The van der Waals surface area contributed by atoms with Crippen molar-refractivity contribution in [3.63, 3.8) is 0 Å². The van der Waals surface area contributed by atoms with Crippen molar-refractivity contribution in [1.82, 2.24) is 14.9 Å². The van der Waals surface area contributed by atoms with Crippen molar-refractivity contribution in [2.75, 3.05) is 6.54 Å². The van der Waals surface area contributed by atoms with Gasteiger partial charge in [-0.25, -0.2) is 4.98 Å². The monoisotopic (exact) mass is 353 g/mol. The normalized spacial score (nSPS) is 16.8. The summed E-state index contributed by atoms with van der Waals surface area (Å²) < 4.78 is 0. The number of fused-ring (bicyclic) bond motifs is 1. The van der Waals surface area contributed by atoms with Crippen LogP contribution < -0.4 is 5.56 Å². The molecule has 1 atom stereocenters. The van der Waals surface area contributed by atoms with Crippen molar-refractivity contribution in [1.29, 1.82) is 0 Å². The average Bonchev–Trinajstić information content (AvgIpc) is 2.85. The highest BCUT2D eigenvalue weighted by atomic mass is 16.2. The predicted octanol–water partition coefficient (Wildman–Crippen LogP) is 3.19. The van der Waals surface area contributed by atoms with Gasteiger partial charge in [0.15, 0.2) is 0 Å². The van der Waals surface area contributed by atoms with Crippen LogP contribution in [0.15, 0.2) is 35.1 Å². The summed E-state index contributed by atoms with van der Waals surface area (Å²) >= 11 is 0. The molecule has 1 aliphatic carbocycles. The summed E-state index contributed by atoms with van der Waals surface area (Å²) in [5.41, 5.74) is 2.42. The van der Waals surface area contributed by atoms with Crippen molar-refractivity contribution in [2.45, 2.75) is 52.5 Å². The summed E-state index contributed by atoms with van der Waals surface area (Å²) in [6, 6.07) is 9.88. The third-order valence-electron chi connectivity index (χ3n) is 5.22. The maximum absolute atomic E-state index is 12.9. The van der Waals surface area contributed by atoms with Gasteiger partial charge in [0.2, 0.25) is 5.91 Å². The van der Waals surface area contributed by atoms with Gasteiger partial charge in [-0.3, -0.25) is 9.59 Å². The number of aromatic amines is 1. The number of hydrogen-bond acceptors (Lipinski definition) is 3. The molecule has 0 fully saturated rings. The van der Waals surface area contributed by atoms with Crippen LogP contribution >= 0.6 is 0 Å². The van der Waals surface area contributed by atoms with Gasteiger partial charge in [0, 0.05) is 29.6 Å². The summed E-state index contributed by atoms with van der Waals surface area (Å²) in [6.45, 7) is 6.83. The van der Waals surface area contributed by atoms with E-state index in [4.69, 9.17) is 4.98 Å². The van der Waals surface area contributed by atoms with Crippen molar-refractivity contribution >= 4 is 5.91 Å². The van der Waals surface area contributed by atoms with Gasteiger partial charge in [-0.2, -0.15) is 0 Å². The van der Waals surface area contributed by atoms with Crippen LogP contribution in [0.3, 0.4) is 0 Å². The van der Waals surface area contributed by atoms with Crippen LogP contribution in [0.4, 0.5) is 0 Å². The number of aryl methyl sites for hydroxylation is 1. The maximum atomic E-state index is 12.9. The first-order chi connectivity index (χ1) is 12.5. The Morgan fingerprint density at radius 2 is 1.92 bits per heavy atom. The first-order valence-corrected chi connectivity index (χ1v) is 9.49. The number of nitrogens with zero attached hydrogens (tertiary/aromatic N) is 2. The maximum Gasteiger partial charge on any atom is 0.254 e. The van der Waals surface area contributed by atoms with Crippen LogP contribution in [0.25, 0.3) is 11.4 Å². The summed E-state index contributed by atoms with van der Waals surface area (Å²) in [4.78, 5) is 35.0. The lowest BCUT2D eigenvalue weighted by Crippen LogP contribution is -2.40. The molecule has 0 spiro atoms. The molecule has 0 saturated carbocycles. The van der Waals surface area contributed by atoms with Gasteiger partial charge < -0.3 is 9.88 Å². The summed E-state index contributed by atoms with van der Waals surface area (Å²) in [6.07, 6.45) is 2.74. The Labute approximate surface area is 154 Å². The van der Waals surface area contributed by atoms with E-state index in [1.807, 2.05) is 56.0 Å². The molecule has 2 aromatic rings. The van der Waals surface area contributed by atoms with Crippen LogP contribution in [0.1, 0.15) is 44.9 Å². The number of H-pyrrole nitrogens is 1. The van der Waals surface area contributed by atoms with E-state index in [9.17, 15) is 9.59 Å².